The molecular weight excluding hydrogens is 333 g/mol. The maximum absolute atomic E-state index is 12.8. The van der Waals surface area contributed by atoms with Crippen LogP contribution >= 0.6 is 15.9 Å². The van der Waals surface area contributed by atoms with E-state index in [0.29, 0.717) is 5.92 Å². The molecule has 0 saturated heterocycles. The number of carbonyl (C=O) groups is 1. The smallest absolute Gasteiger partial charge is 0.294 e. The van der Waals surface area contributed by atoms with Crippen LogP contribution in [0.3, 0.4) is 0 Å². The molecular formula is C15H16BrF3O. The van der Waals surface area contributed by atoms with Gasteiger partial charge in [-0.25, -0.2) is 0 Å². The van der Waals surface area contributed by atoms with Gasteiger partial charge in [-0.15, -0.1) is 0 Å². The van der Waals surface area contributed by atoms with Crippen molar-refractivity contribution in [3.8, 4) is 0 Å². The number of benzene rings is 1. The fraction of sp³-hybridized carbons (Fsp3) is 0.533. The van der Waals surface area contributed by atoms with Crippen LogP contribution in [-0.4, -0.2) is 5.78 Å². The van der Waals surface area contributed by atoms with Crippen LogP contribution in [-0.2, 0) is 6.18 Å². The van der Waals surface area contributed by atoms with Crippen molar-refractivity contribution in [3.05, 3.63) is 33.8 Å². The minimum atomic E-state index is -4.45. The van der Waals surface area contributed by atoms with Gasteiger partial charge in [-0.1, -0.05) is 41.8 Å². The van der Waals surface area contributed by atoms with Crippen LogP contribution in [0.1, 0.15) is 48.5 Å². The fourth-order valence-corrected chi connectivity index (χ4v) is 3.13. The summed E-state index contributed by atoms with van der Waals surface area (Å²) in [7, 11) is 0. The Morgan fingerprint density at radius 2 is 1.80 bits per heavy atom. The number of ketones is 1. The Bertz CT molecular complexity index is 502. The molecule has 0 atom stereocenters. The van der Waals surface area contributed by atoms with Crippen LogP contribution in [0.5, 0.6) is 0 Å². The summed E-state index contributed by atoms with van der Waals surface area (Å²) in [5, 5.41) is 0. The van der Waals surface area contributed by atoms with E-state index in [-0.39, 0.29) is 21.7 Å². The third-order valence-electron chi connectivity index (χ3n) is 3.94. The lowest BCUT2D eigenvalue weighted by molar-refractivity contribution is -0.138. The maximum Gasteiger partial charge on any atom is 0.417 e. The van der Waals surface area contributed by atoms with Crippen molar-refractivity contribution in [3.63, 3.8) is 0 Å². The zero-order valence-corrected chi connectivity index (χ0v) is 12.7. The Labute approximate surface area is 124 Å². The van der Waals surface area contributed by atoms with E-state index in [1.54, 1.807) is 0 Å². The van der Waals surface area contributed by atoms with E-state index in [1.807, 2.05) is 0 Å². The summed E-state index contributed by atoms with van der Waals surface area (Å²) in [6.45, 7) is 2.14. The third-order valence-corrected chi connectivity index (χ3v) is 4.63. The zero-order chi connectivity index (χ0) is 14.9. The molecule has 0 radical (unpaired) electrons. The summed E-state index contributed by atoms with van der Waals surface area (Å²) in [6.07, 6.45) is -0.955. The van der Waals surface area contributed by atoms with Crippen molar-refractivity contribution < 1.29 is 18.0 Å². The van der Waals surface area contributed by atoms with Gasteiger partial charge in [0.1, 0.15) is 0 Å². The quantitative estimate of drug-likeness (QED) is 0.647. The average molecular weight is 349 g/mol. The van der Waals surface area contributed by atoms with Crippen LogP contribution < -0.4 is 0 Å². The van der Waals surface area contributed by atoms with Crippen LogP contribution in [0.25, 0.3) is 0 Å². The van der Waals surface area contributed by atoms with Gasteiger partial charge in [0.15, 0.2) is 5.78 Å². The number of Topliss-reactive ketones (excluding diaryl/α,β-unsaturated/α-hetero) is 1. The first-order chi connectivity index (χ1) is 9.29. The highest BCUT2D eigenvalue weighted by Crippen LogP contribution is 2.37. The van der Waals surface area contributed by atoms with Crippen LogP contribution in [0.4, 0.5) is 13.2 Å². The van der Waals surface area contributed by atoms with Gasteiger partial charge >= 0.3 is 6.18 Å². The fourth-order valence-electron chi connectivity index (χ4n) is 2.65. The lowest BCUT2D eigenvalue weighted by Gasteiger charge is -2.25. The molecule has 1 aliphatic rings. The Balaban J connectivity index is 2.23. The molecule has 1 nitrogen and oxygen atoms in total. The number of carbonyl (C=O) groups excluding carboxylic acids is 1. The van der Waals surface area contributed by atoms with Crippen molar-refractivity contribution >= 4 is 21.7 Å². The molecule has 1 aromatic rings. The minimum absolute atomic E-state index is 0.0289. The van der Waals surface area contributed by atoms with Crippen LogP contribution in [0, 0.1) is 11.8 Å². The van der Waals surface area contributed by atoms with Crippen molar-refractivity contribution in [2.24, 2.45) is 11.8 Å². The summed E-state index contributed by atoms with van der Waals surface area (Å²) < 4.78 is 38.5. The first-order valence-corrected chi connectivity index (χ1v) is 7.49. The Hall–Kier alpha value is -0.840. The second-order valence-corrected chi connectivity index (χ2v) is 6.37. The highest BCUT2D eigenvalue weighted by Gasteiger charge is 2.34. The van der Waals surface area contributed by atoms with Gasteiger partial charge in [0.05, 0.1) is 5.56 Å². The summed E-state index contributed by atoms with van der Waals surface area (Å²) in [5.74, 6) is 0.318. The van der Waals surface area contributed by atoms with E-state index >= 15 is 0 Å². The topological polar surface area (TPSA) is 17.1 Å². The van der Waals surface area contributed by atoms with Crippen molar-refractivity contribution in [2.45, 2.75) is 38.8 Å². The van der Waals surface area contributed by atoms with E-state index in [2.05, 4.69) is 22.9 Å². The summed E-state index contributed by atoms with van der Waals surface area (Å²) in [6, 6.07) is 3.74. The van der Waals surface area contributed by atoms with Gasteiger partial charge < -0.3 is 0 Å². The van der Waals surface area contributed by atoms with Gasteiger partial charge in [-0.3, -0.25) is 4.79 Å². The molecule has 1 saturated carbocycles. The first-order valence-electron chi connectivity index (χ1n) is 6.70. The monoisotopic (exact) mass is 348 g/mol. The highest BCUT2D eigenvalue weighted by molar-refractivity contribution is 9.10. The largest absolute Gasteiger partial charge is 0.417 e. The molecule has 1 aromatic carbocycles. The lowest BCUT2D eigenvalue weighted by Crippen LogP contribution is -2.21. The van der Waals surface area contributed by atoms with E-state index in [0.717, 1.165) is 31.7 Å². The van der Waals surface area contributed by atoms with E-state index in [9.17, 15) is 18.0 Å². The summed E-state index contributed by atoms with van der Waals surface area (Å²) >= 11 is 2.89. The predicted octanol–water partition coefficient (Wildman–Crippen LogP) is 5.48. The van der Waals surface area contributed by atoms with Crippen LogP contribution in [0.2, 0.25) is 0 Å². The van der Waals surface area contributed by atoms with Crippen molar-refractivity contribution in [2.75, 3.05) is 0 Å². The summed E-state index contributed by atoms with van der Waals surface area (Å²) in [4.78, 5) is 12.3. The molecule has 1 fully saturated rings. The number of alkyl halides is 3. The van der Waals surface area contributed by atoms with Gasteiger partial charge in [0, 0.05) is 16.0 Å². The molecule has 0 aliphatic heterocycles. The zero-order valence-electron chi connectivity index (χ0n) is 11.1. The number of halogens is 4. The first kappa shape index (κ1) is 15.5. The van der Waals surface area contributed by atoms with Crippen molar-refractivity contribution in [1.82, 2.24) is 0 Å². The van der Waals surface area contributed by atoms with Gasteiger partial charge in [-0.2, -0.15) is 13.2 Å². The predicted molar refractivity (Wildman–Crippen MR) is 74.6 cm³/mol. The second kappa shape index (κ2) is 5.88. The Morgan fingerprint density at radius 3 is 2.35 bits per heavy atom. The molecule has 5 heteroatoms. The lowest BCUT2D eigenvalue weighted by atomic mass is 9.79. The molecule has 0 amide bonds. The molecule has 20 heavy (non-hydrogen) atoms. The molecule has 0 bridgehead atoms. The van der Waals surface area contributed by atoms with Crippen molar-refractivity contribution in [1.29, 1.82) is 0 Å². The summed E-state index contributed by atoms with van der Waals surface area (Å²) in [5.41, 5.74) is -0.618. The molecule has 1 aliphatic carbocycles. The van der Waals surface area contributed by atoms with E-state index in [1.165, 1.54) is 12.1 Å². The third kappa shape index (κ3) is 3.43. The molecule has 0 unspecified atom stereocenters. The SMILES string of the molecule is CC1CCC(C(=O)c2ccc(Br)c(C(F)(F)F)c2)CC1. The number of hydrogen-bond donors (Lipinski definition) is 0. The molecule has 0 aromatic heterocycles. The molecule has 0 N–H and O–H groups in total. The normalized spacial score (nSPS) is 23.6. The molecule has 0 spiro atoms. The van der Waals surface area contributed by atoms with Gasteiger partial charge in [0.25, 0.3) is 0 Å². The second-order valence-electron chi connectivity index (χ2n) is 5.51. The molecule has 2 rings (SSSR count). The molecule has 0 heterocycles. The van der Waals surface area contributed by atoms with Gasteiger partial charge in [0.2, 0.25) is 0 Å². The Kier molecular flexibility index (Phi) is 4.57. The Morgan fingerprint density at radius 1 is 1.20 bits per heavy atom. The highest BCUT2D eigenvalue weighted by atomic mass is 79.9. The minimum Gasteiger partial charge on any atom is -0.294 e. The standard InChI is InChI=1S/C15H16BrF3O/c1-9-2-4-10(5-3-9)14(20)11-6-7-13(16)12(8-11)15(17,18)19/h6-10H,2-5H2,1H3. The number of hydrogen-bond acceptors (Lipinski definition) is 1. The van der Waals surface area contributed by atoms with E-state index < -0.39 is 11.7 Å². The average Bonchev–Trinajstić information content (AvgIpc) is 2.38. The van der Waals surface area contributed by atoms with E-state index in [4.69, 9.17) is 0 Å². The molecule has 110 valence electrons. The maximum atomic E-state index is 12.8. The van der Waals surface area contributed by atoms with Crippen LogP contribution in [0.15, 0.2) is 22.7 Å². The van der Waals surface area contributed by atoms with Gasteiger partial charge in [-0.05, 0) is 30.9 Å². The number of rotatable bonds is 2.